The van der Waals surface area contributed by atoms with Crippen molar-refractivity contribution in [3.8, 4) is 0 Å². The van der Waals surface area contributed by atoms with Gasteiger partial charge in [-0.25, -0.2) is 18.1 Å². The molecule has 1 saturated heterocycles. The van der Waals surface area contributed by atoms with Gasteiger partial charge in [0.2, 0.25) is 15.9 Å². The molecule has 1 aliphatic rings. The van der Waals surface area contributed by atoms with Crippen LogP contribution in [0.3, 0.4) is 0 Å². The van der Waals surface area contributed by atoms with Crippen molar-refractivity contribution in [3.05, 3.63) is 28.1 Å². The fourth-order valence-corrected chi connectivity index (χ4v) is 6.31. The predicted molar refractivity (Wildman–Crippen MR) is 109 cm³/mol. The summed E-state index contributed by atoms with van der Waals surface area (Å²) >= 11 is 2.71. The molecule has 1 fully saturated rings. The number of nitrogens with zero attached hydrogens (tertiary/aromatic N) is 2. The van der Waals surface area contributed by atoms with Crippen molar-refractivity contribution in [1.82, 2.24) is 14.6 Å². The Morgan fingerprint density at radius 3 is 2.70 bits per heavy atom. The van der Waals surface area contributed by atoms with E-state index in [2.05, 4.69) is 15.0 Å². The molecule has 1 amide bonds. The average molecular weight is 429 g/mol. The van der Waals surface area contributed by atoms with Crippen LogP contribution in [0.25, 0.3) is 0 Å². The minimum absolute atomic E-state index is 0.0796. The summed E-state index contributed by atoms with van der Waals surface area (Å²) in [6.07, 6.45) is 2.23. The van der Waals surface area contributed by atoms with Gasteiger partial charge in [0, 0.05) is 24.0 Å². The number of amides is 1. The van der Waals surface area contributed by atoms with Crippen LogP contribution < -0.4 is 10.0 Å². The lowest BCUT2D eigenvalue weighted by Crippen LogP contribution is -2.46. The number of thiophene rings is 1. The molecule has 0 bridgehead atoms. The van der Waals surface area contributed by atoms with Gasteiger partial charge in [0.05, 0.1) is 12.2 Å². The van der Waals surface area contributed by atoms with E-state index in [1.165, 1.54) is 22.7 Å². The number of piperidine rings is 1. The van der Waals surface area contributed by atoms with Crippen molar-refractivity contribution in [1.29, 1.82) is 0 Å². The van der Waals surface area contributed by atoms with E-state index in [1.54, 1.807) is 17.5 Å². The molecule has 0 saturated carbocycles. The van der Waals surface area contributed by atoms with E-state index in [4.69, 9.17) is 0 Å². The Hall–Kier alpha value is -1.33. The monoisotopic (exact) mass is 428 g/mol. The Balaban J connectivity index is 1.45. The smallest absolute Gasteiger partial charge is 0.250 e. The van der Waals surface area contributed by atoms with E-state index in [0.29, 0.717) is 41.8 Å². The second-order valence-electron chi connectivity index (χ2n) is 6.53. The number of nitrogens with one attached hydrogen (secondary N) is 2. The number of aryl methyl sites for hydroxylation is 2. The zero-order valence-corrected chi connectivity index (χ0v) is 17.8. The van der Waals surface area contributed by atoms with E-state index in [1.807, 2.05) is 18.7 Å². The highest BCUT2D eigenvalue weighted by atomic mass is 32.2. The number of rotatable bonds is 7. The van der Waals surface area contributed by atoms with E-state index in [-0.39, 0.29) is 11.9 Å². The third-order valence-electron chi connectivity index (χ3n) is 4.51. The summed E-state index contributed by atoms with van der Waals surface area (Å²) in [6, 6.07) is 3.25. The fourth-order valence-electron chi connectivity index (χ4n) is 3.07. The molecule has 10 heteroatoms. The number of hydrogen-bond donors (Lipinski definition) is 2. The summed E-state index contributed by atoms with van der Waals surface area (Å²) in [5, 5.41) is 5.27. The minimum atomic E-state index is -3.44. The van der Waals surface area contributed by atoms with Crippen LogP contribution >= 0.6 is 22.7 Å². The molecule has 0 unspecified atom stereocenters. The number of sulfonamides is 1. The molecule has 3 heterocycles. The van der Waals surface area contributed by atoms with Gasteiger partial charge >= 0.3 is 0 Å². The Labute approximate surface area is 167 Å². The van der Waals surface area contributed by atoms with Crippen molar-refractivity contribution in [2.45, 2.75) is 43.4 Å². The first kappa shape index (κ1) is 20.4. The number of thiazole rings is 1. The van der Waals surface area contributed by atoms with Gasteiger partial charge in [0.25, 0.3) is 0 Å². The van der Waals surface area contributed by atoms with Gasteiger partial charge < -0.3 is 5.32 Å². The SMILES string of the molecule is CCc1nc(NC(=O)CN2CCC(NS(=O)(=O)c3cccs3)CC2)sc1C. The second kappa shape index (κ2) is 8.78. The third-order valence-corrected chi connectivity index (χ3v) is 8.36. The lowest BCUT2D eigenvalue weighted by molar-refractivity contribution is -0.117. The lowest BCUT2D eigenvalue weighted by Gasteiger charge is -2.31. The molecule has 0 spiro atoms. The summed E-state index contributed by atoms with van der Waals surface area (Å²) in [4.78, 5) is 19.9. The van der Waals surface area contributed by atoms with Gasteiger partial charge in [0.1, 0.15) is 4.21 Å². The molecule has 2 N–H and O–H groups in total. The van der Waals surface area contributed by atoms with Gasteiger partial charge in [-0.15, -0.1) is 22.7 Å². The highest BCUT2D eigenvalue weighted by Gasteiger charge is 2.26. The van der Waals surface area contributed by atoms with E-state index in [0.717, 1.165) is 17.0 Å². The second-order valence-corrected chi connectivity index (χ2v) is 10.6. The number of hydrogen-bond acceptors (Lipinski definition) is 7. The van der Waals surface area contributed by atoms with Crippen molar-refractivity contribution in [2.75, 3.05) is 25.0 Å². The van der Waals surface area contributed by atoms with Crippen LogP contribution in [0, 0.1) is 6.92 Å². The molecule has 27 heavy (non-hydrogen) atoms. The number of carbonyl (C=O) groups is 1. The topological polar surface area (TPSA) is 91.4 Å². The largest absolute Gasteiger partial charge is 0.301 e. The van der Waals surface area contributed by atoms with Crippen LogP contribution in [0.15, 0.2) is 21.7 Å². The zero-order chi connectivity index (χ0) is 19.4. The first-order valence-electron chi connectivity index (χ1n) is 8.91. The first-order chi connectivity index (χ1) is 12.9. The van der Waals surface area contributed by atoms with Gasteiger partial charge in [-0.3, -0.25) is 9.69 Å². The first-order valence-corrected chi connectivity index (χ1v) is 12.1. The Morgan fingerprint density at radius 1 is 1.37 bits per heavy atom. The normalized spacial score (nSPS) is 16.5. The van der Waals surface area contributed by atoms with Crippen LogP contribution in [-0.4, -0.2) is 49.9 Å². The van der Waals surface area contributed by atoms with Crippen LogP contribution in [0.2, 0.25) is 0 Å². The standard InChI is InChI=1S/C17H24N4O3S3/c1-3-14-12(2)26-17(18-14)19-15(22)11-21-8-6-13(7-9-21)20-27(23,24)16-5-4-10-25-16/h4-5,10,13,20H,3,6-9,11H2,1-2H3,(H,18,19,22). The summed E-state index contributed by atoms with van der Waals surface area (Å²) in [6.45, 7) is 5.72. The molecule has 0 atom stereocenters. The van der Waals surface area contributed by atoms with Gasteiger partial charge in [-0.05, 0) is 37.6 Å². The van der Waals surface area contributed by atoms with Crippen molar-refractivity contribution < 1.29 is 13.2 Å². The number of anilines is 1. The Morgan fingerprint density at radius 2 is 2.11 bits per heavy atom. The maximum absolute atomic E-state index is 12.3. The molecule has 0 aromatic carbocycles. The maximum atomic E-state index is 12.3. The number of likely N-dealkylation sites (tertiary alicyclic amines) is 1. The molecule has 148 valence electrons. The minimum Gasteiger partial charge on any atom is -0.301 e. The number of aromatic nitrogens is 1. The molecule has 0 aliphatic carbocycles. The van der Waals surface area contributed by atoms with E-state index in [9.17, 15) is 13.2 Å². The summed E-state index contributed by atoms with van der Waals surface area (Å²) in [5.74, 6) is -0.0796. The van der Waals surface area contributed by atoms with Crippen LogP contribution in [-0.2, 0) is 21.2 Å². The molecule has 2 aromatic heterocycles. The van der Waals surface area contributed by atoms with E-state index >= 15 is 0 Å². The number of carbonyl (C=O) groups excluding carboxylic acids is 1. The van der Waals surface area contributed by atoms with Crippen molar-refractivity contribution >= 4 is 43.7 Å². The predicted octanol–water partition coefficient (Wildman–Crippen LogP) is 2.46. The molecule has 3 rings (SSSR count). The molecular formula is C17H24N4O3S3. The molecule has 2 aromatic rings. The van der Waals surface area contributed by atoms with Crippen LogP contribution in [0.4, 0.5) is 5.13 Å². The van der Waals surface area contributed by atoms with Gasteiger partial charge in [-0.2, -0.15) is 0 Å². The van der Waals surface area contributed by atoms with Crippen molar-refractivity contribution in [2.24, 2.45) is 0 Å². The average Bonchev–Trinajstić information content (AvgIpc) is 3.26. The Kier molecular flexibility index (Phi) is 6.64. The molecule has 0 radical (unpaired) electrons. The van der Waals surface area contributed by atoms with E-state index < -0.39 is 10.0 Å². The summed E-state index contributed by atoms with van der Waals surface area (Å²) < 4.78 is 27.7. The van der Waals surface area contributed by atoms with Crippen LogP contribution in [0.1, 0.15) is 30.3 Å². The molecule has 7 nitrogen and oxygen atoms in total. The Bertz CT molecular complexity index is 869. The maximum Gasteiger partial charge on any atom is 0.250 e. The van der Waals surface area contributed by atoms with Crippen LogP contribution in [0.5, 0.6) is 0 Å². The van der Waals surface area contributed by atoms with Gasteiger partial charge in [-0.1, -0.05) is 13.0 Å². The molecule has 1 aliphatic heterocycles. The van der Waals surface area contributed by atoms with Crippen molar-refractivity contribution in [3.63, 3.8) is 0 Å². The summed E-state index contributed by atoms with van der Waals surface area (Å²) in [7, 11) is -3.44. The summed E-state index contributed by atoms with van der Waals surface area (Å²) in [5.41, 5.74) is 1.02. The zero-order valence-electron chi connectivity index (χ0n) is 15.4. The third kappa shape index (κ3) is 5.35. The van der Waals surface area contributed by atoms with Gasteiger partial charge in [0.15, 0.2) is 5.13 Å². The quantitative estimate of drug-likeness (QED) is 0.707. The fraction of sp³-hybridized carbons (Fsp3) is 0.529. The molecular weight excluding hydrogens is 404 g/mol. The highest BCUT2D eigenvalue weighted by molar-refractivity contribution is 7.91. The lowest BCUT2D eigenvalue weighted by atomic mass is 10.1. The highest BCUT2D eigenvalue weighted by Crippen LogP contribution is 2.22.